The number of unbranched alkanes of at least 4 members (excludes halogenated alkanes) is 1. The van der Waals surface area contributed by atoms with Crippen molar-refractivity contribution in [3.05, 3.63) is 70.3 Å². The van der Waals surface area contributed by atoms with E-state index in [1.165, 1.54) is 12.3 Å². The van der Waals surface area contributed by atoms with Crippen molar-refractivity contribution >= 4 is 39.4 Å². The van der Waals surface area contributed by atoms with Gasteiger partial charge in [-0.15, -0.1) is 0 Å². The quantitative estimate of drug-likeness (QED) is 0.203. The van der Waals surface area contributed by atoms with Crippen LogP contribution in [0.4, 0.5) is 14.9 Å². The van der Waals surface area contributed by atoms with Crippen molar-refractivity contribution in [1.82, 2.24) is 15.2 Å². The van der Waals surface area contributed by atoms with Crippen LogP contribution in [-0.4, -0.2) is 54.4 Å². The number of nitrogens with two attached hydrogens (primary N) is 1. The molecule has 4 aromatic rings. The number of halogens is 1. The molecule has 10 nitrogen and oxygen atoms in total. The van der Waals surface area contributed by atoms with E-state index in [0.717, 1.165) is 17.2 Å². The van der Waals surface area contributed by atoms with E-state index in [4.69, 9.17) is 15.2 Å². The highest BCUT2D eigenvalue weighted by Crippen LogP contribution is 2.48. The molecule has 3 aromatic carbocycles. The Morgan fingerprint density at radius 2 is 1.87 bits per heavy atom. The maximum absolute atomic E-state index is 16.1. The summed E-state index contributed by atoms with van der Waals surface area (Å²) in [5.74, 6) is -0.537. The zero-order valence-electron chi connectivity index (χ0n) is 25.0. The summed E-state index contributed by atoms with van der Waals surface area (Å²) in [6, 6.07) is 12.5. The van der Waals surface area contributed by atoms with Gasteiger partial charge in [0.1, 0.15) is 22.4 Å². The van der Waals surface area contributed by atoms with E-state index in [0.29, 0.717) is 56.0 Å². The Balaban J connectivity index is 0.00000400. The SMILES string of the molecule is C.CC(C)(C)OC(=O)N[C@@H]1CCN(c2c(F)cc3c(=O)c(C(=O)NCCCCN)cn4c3c2Oc2cc3ccccc3cc2-4)C1. The van der Waals surface area contributed by atoms with Gasteiger partial charge < -0.3 is 35.3 Å². The first-order chi connectivity index (χ1) is 21.0. The van der Waals surface area contributed by atoms with Crippen LogP contribution in [0.5, 0.6) is 11.5 Å². The zero-order chi connectivity index (χ0) is 31.2. The third kappa shape index (κ3) is 6.17. The molecule has 4 N–H and O–H groups in total. The molecule has 6 rings (SSSR count). The third-order valence-corrected chi connectivity index (χ3v) is 7.86. The average Bonchev–Trinajstić information content (AvgIpc) is 3.41. The lowest BCUT2D eigenvalue weighted by Crippen LogP contribution is -2.40. The number of fused-ring (bicyclic) bond motifs is 3. The molecule has 0 aliphatic carbocycles. The summed E-state index contributed by atoms with van der Waals surface area (Å²) in [7, 11) is 0. The van der Waals surface area contributed by atoms with Gasteiger partial charge in [0.15, 0.2) is 17.3 Å². The number of amides is 2. The molecule has 0 radical (unpaired) electrons. The van der Waals surface area contributed by atoms with Gasteiger partial charge in [-0.25, -0.2) is 9.18 Å². The number of hydrogen-bond acceptors (Lipinski definition) is 7. The second-order valence-corrected chi connectivity index (χ2v) is 12.3. The van der Waals surface area contributed by atoms with Crippen molar-refractivity contribution in [3.8, 4) is 17.2 Å². The largest absolute Gasteiger partial charge is 0.451 e. The fourth-order valence-electron chi connectivity index (χ4n) is 5.87. The Morgan fingerprint density at radius 1 is 1.13 bits per heavy atom. The van der Waals surface area contributed by atoms with Gasteiger partial charge in [-0.3, -0.25) is 9.59 Å². The predicted octanol–water partition coefficient (Wildman–Crippen LogP) is 5.60. The number of nitrogens with one attached hydrogen (secondary N) is 2. The van der Waals surface area contributed by atoms with Crippen molar-refractivity contribution in [2.45, 2.75) is 59.1 Å². The Bertz CT molecular complexity index is 1850. The molecule has 2 amide bonds. The van der Waals surface area contributed by atoms with Crippen molar-refractivity contribution in [2.24, 2.45) is 5.73 Å². The monoisotopic (exact) mass is 617 g/mol. The van der Waals surface area contributed by atoms with Gasteiger partial charge in [0.25, 0.3) is 5.91 Å². The van der Waals surface area contributed by atoms with Crippen LogP contribution >= 0.6 is 0 Å². The maximum Gasteiger partial charge on any atom is 0.407 e. The van der Waals surface area contributed by atoms with Crippen LogP contribution in [0.2, 0.25) is 0 Å². The molecule has 1 aromatic heterocycles. The van der Waals surface area contributed by atoms with Gasteiger partial charge in [-0.2, -0.15) is 0 Å². The number of nitrogens with zero attached hydrogens (tertiary/aromatic N) is 2. The minimum atomic E-state index is -0.654. The van der Waals surface area contributed by atoms with Crippen molar-refractivity contribution in [1.29, 1.82) is 0 Å². The number of carbonyl (C=O) groups is 2. The lowest BCUT2D eigenvalue weighted by molar-refractivity contribution is 0.0508. The van der Waals surface area contributed by atoms with E-state index in [1.807, 2.05) is 41.3 Å². The Hall–Kier alpha value is -4.64. The Morgan fingerprint density at radius 3 is 2.58 bits per heavy atom. The van der Waals surface area contributed by atoms with Crippen LogP contribution in [0.3, 0.4) is 0 Å². The number of alkyl carbamates (subject to hydrolysis) is 1. The molecule has 0 saturated carbocycles. The van der Waals surface area contributed by atoms with E-state index in [2.05, 4.69) is 10.6 Å². The number of pyridine rings is 1. The van der Waals surface area contributed by atoms with Crippen molar-refractivity contribution < 1.29 is 23.5 Å². The van der Waals surface area contributed by atoms with E-state index >= 15 is 4.39 Å². The highest BCUT2D eigenvalue weighted by atomic mass is 19.1. The van der Waals surface area contributed by atoms with Crippen LogP contribution in [-0.2, 0) is 4.74 Å². The molecular formula is C34H40FN5O5. The lowest BCUT2D eigenvalue weighted by Gasteiger charge is -2.29. The molecule has 3 heterocycles. The maximum atomic E-state index is 16.1. The molecule has 0 bridgehead atoms. The molecule has 238 valence electrons. The van der Waals surface area contributed by atoms with Crippen LogP contribution < -0.4 is 31.4 Å². The number of carbonyl (C=O) groups excluding carboxylic acids is 2. The fraction of sp³-hybridized carbons (Fsp3) is 0.382. The third-order valence-electron chi connectivity index (χ3n) is 7.86. The van der Waals surface area contributed by atoms with E-state index < -0.39 is 28.8 Å². The Kier molecular flexibility index (Phi) is 8.75. The highest BCUT2D eigenvalue weighted by molar-refractivity contribution is 6.02. The molecule has 0 spiro atoms. The average molecular weight is 618 g/mol. The normalized spacial score (nSPS) is 15.3. The second kappa shape index (κ2) is 12.4. The zero-order valence-corrected chi connectivity index (χ0v) is 25.0. The van der Waals surface area contributed by atoms with E-state index in [-0.39, 0.29) is 35.9 Å². The molecular weight excluding hydrogens is 577 g/mol. The van der Waals surface area contributed by atoms with E-state index in [1.54, 1.807) is 25.3 Å². The van der Waals surface area contributed by atoms with Crippen LogP contribution in [0.1, 0.15) is 57.8 Å². The number of rotatable bonds is 7. The summed E-state index contributed by atoms with van der Waals surface area (Å²) in [4.78, 5) is 41.1. The van der Waals surface area contributed by atoms with Gasteiger partial charge in [-0.1, -0.05) is 31.7 Å². The Labute approximate surface area is 261 Å². The van der Waals surface area contributed by atoms with Crippen molar-refractivity contribution in [3.63, 3.8) is 0 Å². The summed E-state index contributed by atoms with van der Waals surface area (Å²) in [5.41, 5.74) is 5.44. The number of anilines is 1. The predicted molar refractivity (Wildman–Crippen MR) is 174 cm³/mol. The standard InChI is InChI=1S/C33H36FN5O5.CH4/c1-33(2,3)44-32(42)37-21-10-13-38(17-21)28-24(34)16-22-27-30(28)43-26-15-20-9-5-4-8-19(20)14-25(26)39(27)18-23(29(22)40)31(41)36-12-7-6-11-35;/h4-5,8-9,14-16,18,21H,6-7,10-13,17,35H2,1-3H3,(H,36,41)(H,37,42);1H4/t21-;/m1./s1. The number of ether oxygens (including phenoxy) is 2. The summed E-state index contributed by atoms with van der Waals surface area (Å²) in [5, 5.41) is 7.57. The lowest BCUT2D eigenvalue weighted by atomic mass is 10.0. The topological polar surface area (TPSA) is 128 Å². The minimum Gasteiger partial charge on any atom is -0.451 e. The molecule has 2 aliphatic heterocycles. The van der Waals surface area contributed by atoms with Crippen LogP contribution in [0.15, 0.2) is 53.5 Å². The molecule has 45 heavy (non-hydrogen) atoms. The van der Waals surface area contributed by atoms with Gasteiger partial charge in [0.05, 0.1) is 17.1 Å². The second-order valence-electron chi connectivity index (χ2n) is 12.3. The van der Waals surface area contributed by atoms with Gasteiger partial charge >= 0.3 is 6.09 Å². The van der Waals surface area contributed by atoms with Crippen molar-refractivity contribution in [2.75, 3.05) is 31.1 Å². The minimum absolute atomic E-state index is 0. The van der Waals surface area contributed by atoms with Gasteiger partial charge in [0.2, 0.25) is 5.43 Å². The van der Waals surface area contributed by atoms with E-state index in [9.17, 15) is 14.4 Å². The van der Waals surface area contributed by atoms with Crippen LogP contribution in [0.25, 0.3) is 27.4 Å². The molecule has 1 atom stereocenters. The van der Waals surface area contributed by atoms with Gasteiger partial charge in [0, 0.05) is 25.8 Å². The first-order valence-corrected chi connectivity index (χ1v) is 14.9. The molecule has 0 unspecified atom stereocenters. The number of benzene rings is 3. The highest BCUT2D eigenvalue weighted by Gasteiger charge is 2.34. The molecule has 2 aliphatic rings. The first-order valence-electron chi connectivity index (χ1n) is 14.9. The number of hydrogen-bond donors (Lipinski definition) is 3. The number of aromatic nitrogens is 1. The van der Waals surface area contributed by atoms with Crippen LogP contribution in [0, 0.1) is 5.82 Å². The summed E-state index contributed by atoms with van der Waals surface area (Å²) in [6.45, 7) is 6.99. The molecule has 1 fully saturated rings. The molecule has 11 heteroatoms. The summed E-state index contributed by atoms with van der Waals surface area (Å²) in [6.07, 6.45) is 2.95. The fourth-order valence-corrected chi connectivity index (χ4v) is 5.87. The van der Waals surface area contributed by atoms with Gasteiger partial charge in [-0.05, 0) is 75.5 Å². The smallest absolute Gasteiger partial charge is 0.407 e. The molecule has 1 saturated heterocycles. The summed E-state index contributed by atoms with van der Waals surface area (Å²) >= 11 is 0. The summed E-state index contributed by atoms with van der Waals surface area (Å²) < 4.78 is 29.7. The first kappa shape index (κ1) is 31.8.